The highest BCUT2D eigenvalue weighted by Crippen LogP contribution is 2.40. The molecule has 84 valence electrons. The van der Waals surface area contributed by atoms with Gasteiger partial charge >= 0.3 is 0 Å². The zero-order chi connectivity index (χ0) is 11.8. The van der Waals surface area contributed by atoms with Crippen molar-refractivity contribution in [3.63, 3.8) is 0 Å². The van der Waals surface area contributed by atoms with Gasteiger partial charge in [0.2, 0.25) is 0 Å². The van der Waals surface area contributed by atoms with Gasteiger partial charge in [0.05, 0.1) is 0 Å². The number of alkyl halides is 3. The van der Waals surface area contributed by atoms with Gasteiger partial charge in [0.15, 0.2) is 0 Å². The molecule has 15 heavy (non-hydrogen) atoms. The van der Waals surface area contributed by atoms with Crippen molar-refractivity contribution < 1.29 is 13.2 Å². The maximum atomic E-state index is 13.1. The third-order valence-electron chi connectivity index (χ3n) is 2.27. The lowest BCUT2D eigenvalue weighted by Gasteiger charge is -2.20. The molecule has 0 spiro atoms. The van der Waals surface area contributed by atoms with Crippen LogP contribution in [-0.4, -0.2) is 5.92 Å². The van der Waals surface area contributed by atoms with Gasteiger partial charge in [0.25, 0.3) is 5.92 Å². The van der Waals surface area contributed by atoms with E-state index in [1.165, 1.54) is 12.1 Å². The smallest absolute Gasteiger partial charge is 0.207 e. The number of hydrogen-bond donors (Lipinski definition) is 0. The van der Waals surface area contributed by atoms with Crippen LogP contribution in [0.4, 0.5) is 13.2 Å². The molecule has 0 amide bonds. The molecular weight excluding hydrogens is 269 g/mol. The highest BCUT2D eigenvalue weighted by Gasteiger charge is 2.34. The average molecular weight is 281 g/mol. The minimum Gasteiger partial charge on any atom is -0.207 e. The molecule has 0 radical (unpaired) electrons. The zero-order valence-corrected chi connectivity index (χ0v) is 10.3. The molecule has 0 heterocycles. The van der Waals surface area contributed by atoms with Crippen LogP contribution in [0.3, 0.4) is 0 Å². The summed E-state index contributed by atoms with van der Waals surface area (Å²) >= 11 is 2.94. The van der Waals surface area contributed by atoms with Crippen LogP contribution in [0, 0.1) is 19.7 Å². The molecule has 0 saturated heterocycles. The van der Waals surface area contributed by atoms with Gasteiger partial charge in [-0.1, -0.05) is 22.0 Å². The summed E-state index contributed by atoms with van der Waals surface area (Å²) in [4.78, 5) is -1.08. The van der Waals surface area contributed by atoms with E-state index in [-0.39, 0.29) is 5.82 Å². The Bertz CT molecular complexity index is 369. The van der Waals surface area contributed by atoms with Crippen LogP contribution < -0.4 is 0 Å². The minimum absolute atomic E-state index is 0.365. The van der Waals surface area contributed by atoms with Crippen molar-refractivity contribution >= 4 is 15.9 Å². The first-order valence-corrected chi connectivity index (χ1v) is 5.43. The van der Waals surface area contributed by atoms with Gasteiger partial charge < -0.3 is 0 Å². The number of benzene rings is 1. The fraction of sp³-hybridized carbons (Fsp3) is 0.455. The van der Waals surface area contributed by atoms with Crippen molar-refractivity contribution in [1.29, 1.82) is 0 Å². The van der Waals surface area contributed by atoms with Gasteiger partial charge in [-0.3, -0.25) is 0 Å². The van der Waals surface area contributed by atoms with E-state index in [4.69, 9.17) is 0 Å². The Hall–Kier alpha value is -0.510. The summed E-state index contributed by atoms with van der Waals surface area (Å²) in [6, 6.07) is 2.74. The first-order chi connectivity index (χ1) is 6.73. The SMILES string of the molecule is Cc1cc(C(Br)C(C)(F)F)c(C)cc1F. The molecule has 0 aliphatic carbocycles. The molecule has 0 fully saturated rings. The van der Waals surface area contributed by atoms with E-state index in [2.05, 4.69) is 15.9 Å². The van der Waals surface area contributed by atoms with Gasteiger partial charge in [-0.05, 0) is 36.6 Å². The Morgan fingerprint density at radius 1 is 1.20 bits per heavy atom. The van der Waals surface area contributed by atoms with Crippen LogP contribution >= 0.6 is 15.9 Å². The first-order valence-electron chi connectivity index (χ1n) is 4.52. The Balaban J connectivity index is 3.21. The number of aryl methyl sites for hydroxylation is 2. The van der Waals surface area contributed by atoms with E-state index in [1.807, 2.05) is 0 Å². The summed E-state index contributed by atoms with van der Waals surface area (Å²) in [5.41, 5.74) is 1.34. The molecule has 0 nitrogen and oxygen atoms in total. The monoisotopic (exact) mass is 280 g/mol. The van der Waals surface area contributed by atoms with Crippen LogP contribution in [0.2, 0.25) is 0 Å². The van der Waals surface area contributed by atoms with Crippen molar-refractivity contribution in [2.45, 2.75) is 31.5 Å². The van der Waals surface area contributed by atoms with E-state index >= 15 is 0 Å². The summed E-state index contributed by atoms with van der Waals surface area (Å²) in [5, 5.41) is 0. The van der Waals surface area contributed by atoms with Crippen LogP contribution in [0.15, 0.2) is 12.1 Å². The quantitative estimate of drug-likeness (QED) is 0.698. The zero-order valence-electron chi connectivity index (χ0n) is 8.74. The van der Waals surface area contributed by atoms with E-state index in [0.29, 0.717) is 16.7 Å². The third kappa shape index (κ3) is 2.74. The van der Waals surface area contributed by atoms with Crippen LogP contribution in [0.25, 0.3) is 0 Å². The summed E-state index contributed by atoms with van der Waals surface area (Å²) in [6.07, 6.45) is 0. The molecule has 1 atom stereocenters. The van der Waals surface area contributed by atoms with E-state index in [9.17, 15) is 13.2 Å². The lowest BCUT2D eigenvalue weighted by Crippen LogP contribution is -2.18. The topological polar surface area (TPSA) is 0 Å². The van der Waals surface area contributed by atoms with Gasteiger partial charge in [-0.15, -0.1) is 0 Å². The van der Waals surface area contributed by atoms with Crippen molar-refractivity contribution in [3.05, 3.63) is 34.6 Å². The predicted molar refractivity (Wildman–Crippen MR) is 58.2 cm³/mol. The lowest BCUT2D eigenvalue weighted by atomic mass is 10.00. The van der Waals surface area contributed by atoms with Gasteiger partial charge in [-0.2, -0.15) is 0 Å². The van der Waals surface area contributed by atoms with Crippen molar-refractivity contribution in [2.75, 3.05) is 0 Å². The Labute approximate surface area is 95.6 Å². The van der Waals surface area contributed by atoms with E-state index in [0.717, 1.165) is 6.92 Å². The largest absolute Gasteiger partial charge is 0.261 e. The van der Waals surface area contributed by atoms with Crippen LogP contribution in [-0.2, 0) is 0 Å². The van der Waals surface area contributed by atoms with Gasteiger partial charge in [-0.25, -0.2) is 13.2 Å². The highest BCUT2D eigenvalue weighted by molar-refractivity contribution is 9.09. The molecule has 1 rings (SSSR count). The Morgan fingerprint density at radius 2 is 1.73 bits per heavy atom. The summed E-state index contributed by atoms with van der Waals surface area (Å²) < 4.78 is 39.3. The Morgan fingerprint density at radius 3 is 2.20 bits per heavy atom. The second-order valence-electron chi connectivity index (χ2n) is 3.78. The molecule has 4 heteroatoms. The molecule has 0 saturated carbocycles. The van der Waals surface area contributed by atoms with Gasteiger partial charge in [0.1, 0.15) is 10.6 Å². The van der Waals surface area contributed by atoms with Crippen LogP contribution in [0.1, 0.15) is 28.4 Å². The van der Waals surface area contributed by atoms with Gasteiger partial charge in [0, 0.05) is 6.92 Å². The predicted octanol–water partition coefficient (Wildman–Crippen LogP) is 4.53. The fourth-order valence-corrected chi connectivity index (χ4v) is 1.84. The maximum absolute atomic E-state index is 13.1. The molecule has 0 aliphatic rings. The molecular formula is C11H12BrF3. The van der Waals surface area contributed by atoms with E-state index in [1.54, 1.807) is 13.8 Å². The number of hydrogen-bond acceptors (Lipinski definition) is 0. The second kappa shape index (κ2) is 4.16. The maximum Gasteiger partial charge on any atom is 0.261 e. The molecule has 1 aromatic rings. The molecule has 0 aromatic heterocycles. The minimum atomic E-state index is -2.87. The average Bonchev–Trinajstić information content (AvgIpc) is 2.08. The van der Waals surface area contributed by atoms with Crippen molar-refractivity contribution in [1.82, 2.24) is 0 Å². The first kappa shape index (κ1) is 12.6. The number of rotatable bonds is 2. The van der Waals surface area contributed by atoms with Crippen LogP contribution in [0.5, 0.6) is 0 Å². The fourth-order valence-electron chi connectivity index (χ4n) is 1.35. The second-order valence-corrected chi connectivity index (χ2v) is 4.69. The summed E-state index contributed by atoms with van der Waals surface area (Å²) in [7, 11) is 0. The highest BCUT2D eigenvalue weighted by atomic mass is 79.9. The molecule has 0 N–H and O–H groups in total. The molecule has 1 unspecified atom stereocenters. The normalized spacial score (nSPS) is 14.1. The van der Waals surface area contributed by atoms with Crippen molar-refractivity contribution in [2.24, 2.45) is 0 Å². The molecule has 1 aromatic carbocycles. The lowest BCUT2D eigenvalue weighted by molar-refractivity contribution is 0.0211. The summed E-state index contributed by atoms with van der Waals surface area (Å²) in [5.74, 6) is -3.23. The standard InChI is InChI=1S/C11H12BrF3/c1-6-5-9(13)7(2)4-8(6)10(12)11(3,14)15/h4-5,10H,1-3H3. The third-order valence-corrected chi connectivity index (χ3v) is 3.56. The van der Waals surface area contributed by atoms with Crippen molar-refractivity contribution in [3.8, 4) is 0 Å². The van der Waals surface area contributed by atoms with E-state index < -0.39 is 10.7 Å². The number of halogens is 4. The molecule has 0 aliphatic heterocycles. The summed E-state index contributed by atoms with van der Waals surface area (Å²) in [6.45, 7) is 4.02. The molecule has 0 bridgehead atoms. The Kier molecular flexibility index (Phi) is 3.48.